The topological polar surface area (TPSA) is 74.6 Å². The molecule has 4 heteroatoms. The van der Waals surface area contributed by atoms with Crippen LogP contribution in [0.4, 0.5) is 0 Å². The maximum Gasteiger partial charge on any atom is 0.200 e. The Labute approximate surface area is 140 Å². The Bertz CT molecular complexity index is 948. The van der Waals surface area contributed by atoms with Crippen molar-refractivity contribution in [3.8, 4) is 11.5 Å². The number of phenols is 2. The summed E-state index contributed by atoms with van der Waals surface area (Å²) in [7, 11) is 0. The number of ketones is 2. The fraction of sp³-hybridized carbons (Fsp3) is 0.300. The summed E-state index contributed by atoms with van der Waals surface area (Å²) in [5.41, 5.74) is 1.08. The van der Waals surface area contributed by atoms with Crippen LogP contribution in [0.15, 0.2) is 24.3 Å². The van der Waals surface area contributed by atoms with Crippen LogP contribution in [0.2, 0.25) is 0 Å². The first-order chi connectivity index (χ1) is 11.1. The van der Waals surface area contributed by atoms with Gasteiger partial charge in [-0.1, -0.05) is 19.6 Å². The van der Waals surface area contributed by atoms with Crippen molar-refractivity contribution >= 4 is 22.3 Å². The monoisotopic (exact) mass is 324 g/mol. The van der Waals surface area contributed by atoms with Gasteiger partial charge in [0.1, 0.15) is 11.5 Å². The van der Waals surface area contributed by atoms with Gasteiger partial charge in [-0.2, -0.15) is 0 Å². The molecular formula is C20H20O4. The molecule has 0 atom stereocenters. The van der Waals surface area contributed by atoms with E-state index in [1.807, 2.05) is 19.9 Å². The van der Waals surface area contributed by atoms with Gasteiger partial charge in [-0.3, -0.25) is 9.59 Å². The average molecular weight is 324 g/mol. The van der Waals surface area contributed by atoms with Crippen LogP contribution in [-0.4, -0.2) is 21.8 Å². The molecule has 1 aliphatic rings. The van der Waals surface area contributed by atoms with Gasteiger partial charge >= 0.3 is 0 Å². The third-order valence-corrected chi connectivity index (χ3v) is 5.07. The number of carbonyl (C=O) groups excluding carboxylic acids is 2. The lowest BCUT2D eigenvalue weighted by molar-refractivity contribution is -0.119. The van der Waals surface area contributed by atoms with E-state index in [9.17, 15) is 19.8 Å². The molecule has 3 rings (SSSR count). The van der Waals surface area contributed by atoms with Gasteiger partial charge in [0.2, 0.25) is 0 Å². The van der Waals surface area contributed by atoms with Crippen molar-refractivity contribution in [2.45, 2.75) is 39.5 Å². The smallest absolute Gasteiger partial charge is 0.200 e. The highest BCUT2D eigenvalue weighted by Gasteiger charge is 2.44. The van der Waals surface area contributed by atoms with Gasteiger partial charge < -0.3 is 10.2 Å². The molecule has 0 bridgehead atoms. The standard InChI is InChI=1S/C20H20O4/c1-6-12-9(2)7-11-8-13-15(18(23)14(11)17(12)22)16(21)10(3)19(24)20(13,4)5/h7-8,22-23H,3,6H2,1-2,4-5H3. The van der Waals surface area contributed by atoms with Crippen LogP contribution in [-0.2, 0) is 16.6 Å². The summed E-state index contributed by atoms with van der Waals surface area (Å²) in [6.07, 6.45) is 0.606. The highest BCUT2D eigenvalue weighted by molar-refractivity contribution is 6.33. The van der Waals surface area contributed by atoms with Gasteiger partial charge in [-0.05, 0) is 55.3 Å². The number of carbonyl (C=O) groups is 2. The number of hydrogen-bond donors (Lipinski definition) is 2. The van der Waals surface area contributed by atoms with Crippen molar-refractivity contribution < 1.29 is 19.8 Å². The molecule has 0 amide bonds. The van der Waals surface area contributed by atoms with Crippen molar-refractivity contribution in [1.82, 2.24) is 0 Å². The van der Waals surface area contributed by atoms with Gasteiger partial charge in [0.25, 0.3) is 0 Å². The lowest BCUT2D eigenvalue weighted by Gasteiger charge is -2.32. The predicted molar refractivity (Wildman–Crippen MR) is 92.9 cm³/mol. The van der Waals surface area contributed by atoms with Crippen LogP contribution in [0.25, 0.3) is 10.8 Å². The van der Waals surface area contributed by atoms with E-state index in [4.69, 9.17) is 0 Å². The summed E-state index contributed by atoms with van der Waals surface area (Å²) in [5, 5.41) is 22.2. The largest absolute Gasteiger partial charge is 0.507 e. The second-order valence-electron chi connectivity index (χ2n) is 6.88. The molecule has 0 saturated heterocycles. The molecule has 0 fully saturated rings. The minimum Gasteiger partial charge on any atom is -0.507 e. The molecular weight excluding hydrogens is 304 g/mol. The van der Waals surface area contributed by atoms with Crippen molar-refractivity contribution in [3.05, 3.63) is 46.5 Å². The van der Waals surface area contributed by atoms with Crippen LogP contribution in [0, 0.1) is 6.92 Å². The quantitative estimate of drug-likeness (QED) is 0.619. The Morgan fingerprint density at radius 1 is 1.12 bits per heavy atom. The second kappa shape index (κ2) is 4.94. The molecule has 1 aliphatic carbocycles. The lowest BCUT2D eigenvalue weighted by atomic mass is 9.68. The maximum atomic E-state index is 12.5. The van der Waals surface area contributed by atoms with Gasteiger partial charge in [-0.15, -0.1) is 0 Å². The molecule has 4 nitrogen and oxygen atoms in total. The molecule has 0 saturated carbocycles. The molecule has 0 heterocycles. The third-order valence-electron chi connectivity index (χ3n) is 5.07. The zero-order chi connectivity index (χ0) is 18.0. The molecule has 0 spiro atoms. The van der Waals surface area contributed by atoms with E-state index < -0.39 is 11.2 Å². The molecule has 24 heavy (non-hydrogen) atoms. The summed E-state index contributed by atoms with van der Waals surface area (Å²) < 4.78 is 0. The Kier molecular flexibility index (Phi) is 3.34. The Morgan fingerprint density at radius 3 is 2.33 bits per heavy atom. The maximum absolute atomic E-state index is 12.5. The van der Waals surface area contributed by atoms with E-state index in [0.717, 1.165) is 11.1 Å². The molecule has 0 aromatic heterocycles. The van der Waals surface area contributed by atoms with Gasteiger partial charge in [0, 0.05) is 0 Å². The summed E-state index contributed by atoms with van der Waals surface area (Å²) in [6, 6.07) is 3.58. The normalized spacial score (nSPS) is 16.6. The van der Waals surface area contributed by atoms with Crippen LogP contribution in [0.1, 0.15) is 47.8 Å². The van der Waals surface area contributed by atoms with E-state index in [1.54, 1.807) is 19.9 Å². The molecule has 2 N–H and O–H groups in total. The summed E-state index contributed by atoms with van der Waals surface area (Å²) in [4.78, 5) is 25.0. The van der Waals surface area contributed by atoms with E-state index in [0.29, 0.717) is 17.4 Å². The van der Waals surface area contributed by atoms with Gasteiger partial charge in [-0.25, -0.2) is 0 Å². The van der Waals surface area contributed by atoms with Crippen LogP contribution >= 0.6 is 0 Å². The first-order valence-corrected chi connectivity index (χ1v) is 7.92. The zero-order valence-corrected chi connectivity index (χ0v) is 14.3. The second-order valence-corrected chi connectivity index (χ2v) is 6.88. The molecule has 0 radical (unpaired) electrons. The van der Waals surface area contributed by atoms with Crippen molar-refractivity contribution in [2.75, 3.05) is 0 Å². The Balaban J connectivity index is 2.53. The lowest BCUT2D eigenvalue weighted by Crippen LogP contribution is -2.39. The number of rotatable bonds is 1. The van der Waals surface area contributed by atoms with Gasteiger partial charge in [0.05, 0.1) is 21.9 Å². The number of allylic oxidation sites excluding steroid dienone is 1. The fourth-order valence-corrected chi connectivity index (χ4v) is 3.63. The van der Waals surface area contributed by atoms with Crippen LogP contribution in [0.5, 0.6) is 11.5 Å². The number of phenolic OH excluding ortho intramolecular Hbond substituents is 2. The molecule has 2 aromatic carbocycles. The SMILES string of the molecule is C=C1C(=O)c2c(cc3cc(C)c(CC)c(O)c3c2O)C(C)(C)C1=O. The van der Waals surface area contributed by atoms with E-state index in [-0.39, 0.29) is 33.8 Å². The Hall–Kier alpha value is -2.62. The minimum atomic E-state index is -0.959. The van der Waals surface area contributed by atoms with Gasteiger partial charge in [0.15, 0.2) is 11.6 Å². The van der Waals surface area contributed by atoms with E-state index >= 15 is 0 Å². The van der Waals surface area contributed by atoms with E-state index in [1.165, 1.54) is 0 Å². The average Bonchev–Trinajstić information content (AvgIpc) is 2.51. The summed E-state index contributed by atoms with van der Waals surface area (Å²) in [6.45, 7) is 10.8. The molecule has 0 unspecified atom stereocenters. The first-order valence-electron chi connectivity index (χ1n) is 7.92. The highest BCUT2D eigenvalue weighted by Crippen LogP contribution is 2.47. The number of fused-ring (bicyclic) bond motifs is 2. The number of hydrogen-bond acceptors (Lipinski definition) is 4. The molecule has 124 valence electrons. The molecule has 2 aromatic rings. The fourth-order valence-electron chi connectivity index (χ4n) is 3.63. The van der Waals surface area contributed by atoms with Crippen LogP contribution < -0.4 is 0 Å². The first kappa shape index (κ1) is 16.2. The molecule has 0 aliphatic heterocycles. The summed E-state index contributed by atoms with van der Waals surface area (Å²) >= 11 is 0. The summed E-state index contributed by atoms with van der Waals surface area (Å²) in [5.74, 6) is -1.21. The van der Waals surface area contributed by atoms with E-state index in [2.05, 4.69) is 6.58 Å². The number of Topliss-reactive ketones (excluding diaryl/α,β-unsaturated/α-hetero) is 2. The predicted octanol–water partition coefficient (Wildman–Crippen LogP) is 3.72. The zero-order valence-electron chi connectivity index (χ0n) is 14.3. The van der Waals surface area contributed by atoms with Crippen molar-refractivity contribution in [3.63, 3.8) is 0 Å². The van der Waals surface area contributed by atoms with Crippen LogP contribution in [0.3, 0.4) is 0 Å². The van der Waals surface area contributed by atoms with Crippen molar-refractivity contribution in [1.29, 1.82) is 0 Å². The number of aryl methyl sites for hydroxylation is 1. The highest BCUT2D eigenvalue weighted by atomic mass is 16.3. The number of benzene rings is 2. The van der Waals surface area contributed by atoms with Crippen molar-refractivity contribution in [2.24, 2.45) is 0 Å². The number of aromatic hydroxyl groups is 2. The Morgan fingerprint density at radius 2 is 1.75 bits per heavy atom. The minimum absolute atomic E-state index is 0.0130. The third kappa shape index (κ3) is 1.86.